The van der Waals surface area contributed by atoms with Crippen LogP contribution in [-0.2, 0) is 9.59 Å². The second-order valence-corrected chi connectivity index (χ2v) is 3.17. The van der Waals surface area contributed by atoms with Gasteiger partial charge in [-0.3, -0.25) is 9.59 Å². The van der Waals surface area contributed by atoms with Crippen LogP contribution in [-0.4, -0.2) is 23.6 Å². The standard InChI is InChI=1S/C11H13NO4/c1-8(13)12-9-4-2-3-5-10(9)16-7-6-11(14)15/h2-5H,6-7H2,1H3,(H,12,13)(H,14,15). The van der Waals surface area contributed by atoms with Crippen molar-refractivity contribution in [3.8, 4) is 5.75 Å². The van der Waals surface area contributed by atoms with E-state index in [9.17, 15) is 9.59 Å². The van der Waals surface area contributed by atoms with Crippen LogP contribution in [0.15, 0.2) is 24.3 Å². The van der Waals surface area contributed by atoms with Crippen LogP contribution in [0.1, 0.15) is 13.3 Å². The molecule has 16 heavy (non-hydrogen) atoms. The minimum absolute atomic E-state index is 0.0750. The highest BCUT2D eigenvalue weighted by molar-refractivity contribution is 5.90. The fraction of sp³-hybridized carbons (Fsp3) is 0.273. The number of aliphatic carboxylic acids is 1. The fourth-order valence-corrected chi connectivity index (χ4v) is 1.13. The van der Waals surface area contributed by atoms with E-state index < -0.39 is 5.97 Å². The van der Waals surface area contributed by atoms with Gasteiger partial charge >= 0.3 is 5.97 Å². The van der Waals surface area contributed by atoms with Crippen molar-refractivity contribution < 1.29 is 19.4 Å². The van der Waals surface area contributed by atoms with E-state index in [1.54, 1.807) is 24.3 Å². The zero-order valence-corrected chi connectivity index (χ0v) is 8.90. The van der Waals surface area contributed by atoms with Crippen molar-refractivity contribution in [1.29, 1.82) is 0 Å². The maximum Gasteiger partial charge on any atom is 0.306 e. The van der Waals surface area contributed by atoms with Gasteiger partial charge in [0.05, 0.1) is 18.7 Å². The van der Waals surface area contributed by atoms with Crippen molar-refractivity contribution >= 4 is 17.6 Å². The van der Waals surface area contributed by atoms with Crippen LogP contribution >= 0.6 is 0 Å². The Kier molecular flexibility index (Phi) is 4.32. The highest BCUT2D eigenvalue weighted by atomic mass is 16.5. The second kappa shape index (κ2) is 5.75. The van der Waals surface area contributed by atoms with Crippen molar-refractivity contribution in [2.75, 3.05) is 11.9 Å². The van der Waals surface area contributed by atoms with Crippen LogP contribution < -0.4 is 10.1 Å². The lowest BCUT2D eigenvalue weighted by Crippen LogP contribution is -2.09. The van der Waals surface area contributed by atoms with Crippen LogP contribution in [0.5, 0.6) is 5.75 Å². The van der Waals surface area contributed by atoms with E-state index in [-0.39, 0.29) is 18.9 Å². The van der Waals surface area contributed by atoms with Gasteiger partial charge in [0.1, 0.15) is 5.75 Å². The number of ether oxygens (including phenoxy) is 1. The number of hydrogen-bond acceptors (Lipinski definition) is 3. The number of carbonyl (C=O) groups is 2. The van der Waals surface area contributed by atoms with E-state index in [4.69, 9.17) is 9.84 Å². The van der Waals surface area contributed by atoms with Gasteiger partial charge in [0.25, 0.3) is 0 Å². The van der Waals surface area contributed by atoms with Gasteiger partial charge in [-0.2, -0.15) is 0 Å². The fourth-order valence-electron chi connectivity index (χ4n) is 1.13. The first-order valence-electron chi connectivity index (χ1n) is 4.81. The van der Waals surface area contributed by atoms with E-state index in [2.05, 4.69) is 5.32 Å². The first kappa shape index (κ1) is 12.0. The Morgan fingerprint density at radius 3 is 2.69 bits per heavy atom. The van der Waals surface area contributed by atoms with E-state index in [1.807, 2.05) is 0 Å². The molecule has 0 radical (unpaired) electrons. The molecule has 0 aromatic heterocycles. The summed E-state index contributed by atoms with van der Waals surface area (Å²) in [5.74, 6) is -0.648. The summed E-state index contributed by atoms with van der Waals surface area (Å²) in [6, 6.07) is 6.88. The van der Waals surface area contributed by atoms with Gasteiger partial charge < -0.3 is 15.2 Å². The van der Waals surface area contributed by atoms with Gasteiger partial charge in [-0.25, -0.2) is 0 Å². The number of anilines is 1. The molecule has 0 saturated carbocycles. The average Bonchev–Trinajstić information content (AvgIpc) is 2.19. The lowest BCUT2D eigenvalue weighted by molar-refractivity contribution is -0.137. The molecule has 5 nitrogen and oxygen atoms in total. The Bertz CT molecular complexity index is 389. The number of hydrogen-bond donors (Lipinski definition) is 2. The number of nitrogens with one attached hydrogen (secondary N) is 1. The molecule has 5 heteroatoms. The summed E-state index contributed by atoms with van der Waals surface area (Å²) in [7, 11) is 0. The third-order valence-electron chi connectivity index (χ3n) is 1.77. The van der Waals surface area contributed by atoms with Gasteiger partial charge in [-0.1, -0.05) is 12.1 Å². The summed E-state index contributed by atoms with van der Waals surface area (Å²) in [5, 5.41) is 11.1. The zero-order valence-electron chi connectivity index (χ0n) is 8.90. The lowest BCUT2D eigenvalue weighted by atomic mass is 10.3. The van der Waals surface area contributed by atoms with Crippen LogP contribution in [0.2, 0.25) is 0 Å². The quantitative estimate of drug-likeness (QED) is 0.793. The minimum Gasteiger partial charge on any atom is -0.491 e. The van der Waals surface area contributed by atoms with Crippen LogP contribution in [0.3, 0.4) is 0 Å². The molecule has 0 fully saturated rings. The minimum atomic E-state index is -0.919. The van der Waals surface area contributed by atoms with Crippen molar-refractivity contribution in [3.63, 3.8) is 0 Å². The average molecular weight is 223 g/mol. The smallest absolute Gasteiger partial charge is 0.306 e. The van der Waals surface area contributed by atoms with Crippen molar-refractivity contribution in [2.24, 2.45) is 0 Å². The normalized spacial score (nSPS) is 9.56. The summed E-state index contributed by atoms with van der Waals surface area (Å²) in [6.45, 7) is 1.47. The highest BCUT2D eigenvalue weighted by Gasteiger charge is 2.05. The molecule has 86 valence electrons. The van der Waals surface area contributed by atoms with Crippen molar-refractivity contribution in [2.45, 2.75) is 13.3 Å². The summed E-state index contributed by atoms with van der Waals surface area (Å²) < 4.78 is 5.25. The maximum absolute atomic E-state index is 10.9. The molecule has 1 aromatic rings. The second-order valence-electron chi connectivity index (χ2n) is 3.17. The molecule has 1 amide bonds. The number of carboxylic acid groups (broad SMARTS) is 1. The molecule has 0 spiro atoms. The first-order chi connectivity index (χ1) is 7.59. The molecular weight excluding hydrogens is 210 g/mol. The Labute approximate surface area is 93.0 Å². The van der Waals surface area contributed by atoms with E-state index in [1.165, 1.54) is 6.92 Å². The van der Waals surface area contributed by atoms with E-state index in [0.717, 1.165) is 0 Å². The third kappa shape index (κ3) is 4.00. The van der Waals surface area contributed by atoms with Gasteiger partial charge in [-0.05, 0) is 12.1 Å². The Hall–Kier alpha value is -2.04. The highest BCUT2D eigenvalue weighted by Crippen LogP contribution is 2.23. The number of amides is 1. The summed E-state index contributed by atoms with van der Waals surface area (Å²) in [4.78, 5) is 21.2. The third-order valence-corrected chi connectivity index (χ3v) is 1.77. The molecule has 0 aliphatic rings. The Morgan fingerprint density at radius 2 is 2.06 bits per heavy atom. The summed E-state index contributed by atoms with van der Waals surface area (Å²) in [5.41, 5.74) is 0.542. The molecule has 0 aliphatic carbocycles. The maximum atomic E-state index is 10.9. The summed E-state index contributed by atoms with van der Waals surface area (Å²) >= 11 is 0. The number of benzene rings is 1. The topological polar surface area (TPSA) is 75.6 Å². The number of rotatable bonds is 5. The molecule has 1 aromatic carbocycles. The predicted octanol–water partition coefficient (Wildman–Crippen LogP) is 1.50. The molecule has 2 N–H and O–H groups in total. The molecule has 0 bridgehead atoms. The predicted molar refractivity (Wildman–Crippen MR) is 58.5 cm³/mol. The zero-order chi connectivity index (χ0) is 12.0. The number of carbonyl (C=O) groups excluding carboxylic acids is 1. The molecule has 0 heterocycles. The SMILES string of the molecule is CC(=O)Nc1ccccc1OCCC(=O)O. The number of para-hydroxylation sites is 2. The van der Waals surface area contributed by atoms with E-state index >= 15 is 0 Å². The monoisotopic (exact) mass is 223 g/mol. The van der Waals surface area contributed by atoms with E-state index in [0.29, 0.717) is 11.4 Å². The van der Waals surface area contributed by atoms with Crippen molar-refractivity contribution in [1.82, 2.24) is 0 Å². The molecule has 0 atom stereocenters. The van der Waals surface area contributed by atoms with Crippen LogP contribution in [0.4, 0.5) is 5.69 Å². The first-order valence-corrected chi connectivity index (χ1v) is 4.81. The molecule has 0 saturated heterocycles. The van der Waals surface area contributed by atoms with Crippen LogP contribution in [0.25, 0.3) is 0 Å². The molecule has 1 rings (SSSR count). The Balaban J connectivity index is 2.63. The molecular formula is C11H13NO4. The Morgan fingerprint density at radius 1 is 1.38 bits per heavy atom. The van der Waals surface area contributed by atoms with Gasteiger partial charge in [0.15, 0.2) is 0 Å². The number of carboxylic acids is 1. The lowest BCUT2D eigenvalue weighted by Gasteiger charge is -2.10. The molecule has 0 aliphatic heterocycles. The van der Waals surface area contributed by atoms with Crippen LogP contribution in [0, 0.1) is 0 Å². The van der Waals surface area contributed by atoms with Gasteiger partial charge in [0, 0.05) is 6.92 Å². The summed E-state index contributed by atoms with van der Waals surface area (Å²) in [6.07, 6.45) is -0.0750. The van der Waals surface area contributed by atoms with Crippen molar-refractivity contribution in [3.05, 3.63) is 24.3 Å². The van der Waals surface area contributed by atoms with Gasteiger partial charge in [-0.15, -0.1) is 0 Å². The molecule has 0 unspecified atom stereocenters. The van der Waals surface area contributed by atoms with Gasteiger partial charge in [0.2, 0.25) is 5.91 Å². The largest absolute Gasteiger partial charge is 0.491 e.